The maximum Gasteiger partial charge on any atom is 0.274 e. The maximum absolute atomic E-state index is 12.5. The SMILES string of the molecule is CCONC(=O)c1ccc(Cl)c(S(=O)(=O)NCc2ccccc2)c1. The molecule has 6 nitrogen and oxygen atoms in total. The average Bonchev–Trinajstić information content (AvgIpc) is 2.59. The van der Waals surface area contributed by atoms with Crippen molar-refractivity contribution < 1.29 is 18.0 Å². The number of sulfonamides is 1. The number of hydrogen-bond acceptors (Lipinski definition) is 4. The fourth-order valence-electron chi connectivity index (χ4n) is 1.90. The van der Waals surface area contributed by atoms with Gasteiger partial charge in [-0.25, -0.2) is 18.6 Å². The predicted molar refractivity (Wildman–Crippen MR) is 91.0 cm³/mol. The zero-order valence-electron chi connectivity index (χ0n) is 13.0. The van der Waals surface area contributed by atoms with Crippen LogP contribution in [0.3, 0.4) is 0 Å². The van der Waals surface area contributed by atoms with Crippen molar-refractivity contribution in [1.82, 2.24) is 10.2 Å². The minimum absolute atomic E-state index is 0.0310. The van der Waals surface area contributed by atoms with Gasteiger partial charge in [0.2, 0.25) is 10.0 Å². The van der Waals surface area contributed by atoms with E-state index in [1.807, 2.05) is 18.2 Å². The van der Waals surface area contributed by atoms with Crippen LogP contribution in [0, 0.1) is 0 Å². The molecule has 0 aliphatic carbocycles. The molecule has 2 N–H and O–H groups in total. The summed E-state index contributed by atoms with van der Waals surface area (Å²) in [6.45, 7) is 2.13. The summed E-state index contributed by atoms with van der Waals surface area (Å²) in [7, 11) is -3.87. The minimum atomic E-state index is -3.87. The summed E-state index contributed by atoms with van der Waals surface area (Å²) in [6, 6.07) is 13.1. The topological polar surface area (TPSA) is 84.5 Å². The number of carbonyl (C=O) groups excluding carboxylic acids is 1. The molecule has 0 aliphatic heterocycles. The van der Waals surface area contributed by atoms with Crippen LogP contribution < -0.4 is 10.2 Å². The van der Waals surface area contributed by atoms with Crippen LogP contribution in [0.2, 0.25) is 5.02 Å². The van der Waals surface area contributed by atoms with Gasteiger partial charge in [0, 0.05) is 12.1 Å². The Labute approximate surface area is 145 Å². The van der Waals surface area contributed by atoms with E-state index >= 15 is 0 Å². The highest BCUT2D eigenvalue weighted by Crippen LogP contribution is 2.23. The van der Waals surface area contributed by atoms with Gasteiger partial charge in [-0.05, 0) is 30.7 Å². The van der Waals surface area contributed by atoms with Crippen LogP contribution in [-0.4, -0.2) is 20.9 Å². The second-order valence-corrected chi connectivity index (χ2v) is 6.96. The van der Waals surface area contributed by atoms with E-state index in [4.69, 9.17) is 16.4 Å². The van der Waals surface area contributed by atoms with E-state index in [-0.39, 0.29) is 22.0 Å². The highest BCUT2D eigenvalue weighted by atomic mass is 35.5. The molecule has 128 valence electrons. The number of amides is 1. The molecule has 0 spiro atoms. The van der Waals surface area contributed by atoms with Gasteiger partial charge in [0.1, 0.15) is 4.90 Å². The molecule has 0 aromatic heterocycles. The third-order valence-corrected chi connectivity index (χ3v) is 4.98. The first-order valence-corrected chi connectivity index (χ1v) is 9.05. The Bertz CT molecular complexity index is 810. The van der Waals surface area contributed by atoms with Gasteiger partial charge >= 0.3 is 0 Å². The average molecular weight is 369 g/mol. The summed E-state index contributed by atoms with van der Waals surface area (Å²) in [5.41, 5.74) is 3.15. The lowest BCUT2D eigenvalue weighted by Gasteiger charge is -2.10. The molecule has 0 atom stereocenters. The monoisotopic (exact) mass is 368 g/mol. The number of halogens is 1. The fraction of sp³-hybridized carbons (Fsp3) is 0.188. The summed E-state index contributed by atoms with van der Waals surface area (Å²) in [5.74, 6) is -0.548. The van der Waals surface area contributed by atoms with Crippen molar-refractivity contribution in [2.24, 2.45) is 0 Å². The van der Waals surface area contributed by atoms with E-state index in [0.29, 0.717) is 6.61 Å². The van der Waals surface area contributed by atoms with Crippen LogP contribution >= 0.6 is 11.6 Å². The highest BCUT2D eigenvalue weighted by molar-refractivity contribution is 7.89. The van der Waals surface area contributed by atoms with Crippen molar-refractivity contribution >= 4 is 27.5 Å². The molecule has 2 rings (SSSR count). The molecule has 0 unspecified atom stereocenters. The van der Waals surface area contributed by atoms with Gasteiger partial charge in [-0.3, -0.25) is 9.63 Å². The molecule has 8 heteroatoms. The lowest BCUT2D eigenvalue weighted by Crippen LogP contribution is -2.26. The molecule has 0 heterocycles. The number of nitrogens with one attached hydrogen (secondary N) is 2. The zero-order valence-corrected chi connectivity index (χ0v) is 14.5. The van der Waals surface area contributed by atoms with Crippen molar-refractivity contribution in [3.63, 3.8) is 0 Å². The highest BCUT2D eigenvalue weighted by Gasteiger charge is 2.20. The molecule has 0 bridgehead atoms. The number of hydroxylamine groups is 1. The second kappa shape index (κ2) is 8.25. The molecule has 0 saturated carbocycles. The lowest BCUT2D eigenvalue weighted by molar-refractivity contribution is 0.0364. The van der Waals surface area contributed by atoms with Crippen molar-refractivity contribution in [1.29, 1.82) is 0 Å². The van der Waals surface area contributed by atoms with Gasteiger partial charge in [-0.1, -0.05) is 41.9 Å². The minimum Gasteiger partial charge on any atom is -0.274 e. The first-order chi connectivity index (χ1) is 11.4. The standard InChI is InChI=1S/C16H17ClN2O4S/c1-2-23-19-16(20)13-8-9-14(17)15(10-13)24(21,22)18-11-12-6-4-3-5-7-12/h3-10,18H,2,11H2,1H3,(H,19,20). The number of benzene rings is 2. The molecule has 2 aromatic carbocycles. The van der Waals surface area contributed by atoms with Gasteiger partial charge in [0.25, 0.3) is 5.91 Å². The normalized spacial score (nSPS) is 11.2. The predicted octanol–water partition coefficient (Wildman–Crippen LogP) is 2.50. The third-order valence-electron chi connectivity index (χ3n) is 3.10. The number of carbonyl (C=O) groups is 1. The molecule has 24 heavy (non-hydrogen) atoms. The zero-order chi connectivity index (χ0) is 17.6. The fourth-order valence-corrected chi connectivity index (χ4v) is 3.44. The Hall–Kier alpha value is -1.93. The van der Waals surface area contributed by atoms with Gasteiger partial charge in [-0.2, -0.15) is 0 Å². The molecule has 2 aromatic rings. The summed E-state index contributed by atoms with van der Waals surface area (Å²) in [5, 5.41) is 0.0310. The molecule has 0 fully saturated rings. The van der Waals surface area contributed by atoms with E-state index in [1.165, 1.54) is 18.2 Å². The van der Waals surface area contributed by atoms with Crippen LogP contribution in [-0.2, 0) is 21.4 Å². The van der Waals surface area contributed by atoms with Crippen LogP contribution in [0.1, 0.15) is 22.8 Å². The maximum atomic E-state index is 12.5. The largest absolute Gasteiger partial charge is 0.274 e. The van der Waals surface area contributed by atoms with Gasteiger partial charge in [-0.15, -0.1) is 0 Å². The molecular formula is C16H17ClN2O4S. The Morgan fingerprint density at radius 3 is 2.54 bits per heavy atom. The molecule has 0 radical (unpaired) electrons. The van der Waals surface area contributed by atoms with E-state index in [9.17, 15) is 13.2 Å². The lowest BCUT2D eigenvalue weighted by atomic mass is 10.2. The number of hydrogen-bond donors (Lipinski definition) is 2. The van der Waals surface area contributed by atoms with Crippen molar-refractivity contribution in [3.05, 3.63) is 64.7 Å². The smallest absolute Gasteiger partial charge is 0.274 e. The quantitative estimate of drug-likeness (QED) is 0.735. The summed E-state index contributed by atoms with van der Waals surface area (Å²) < 4.78 is 27.4. The molecule has 1 amide bonds. The molecule has 0 aliphatic rings. The summed E-state index contributed by atoms with van der Waals surface area (Å²) >= 11 is 5.99. The van der Waals surface area contributed by atoms with Crippen LogP contribution in [0.5, 0.6) is 0 Å². The first kappa shape index (κ1) is 18.4. The molecule has 0 saturated heterocycles. The molecular weight excluding hydrogens is 352 g/mol. The Kier molecular flexibility index (Phi) is 6.33. The van der Waals surface area contributed by atoms with E-state index in [1.54, 1.807) is 19.1 Å². The Balaban J connectivity index is 2.21. The third kappa shape index (κ3) is 4.78. The van der Waals surface area contributed by atoms with E-state index < -0.39 is 15.9 Å². The summed E-state index contributed by atoms with van der Waals surface area (Å²) in [4.78, 5) is 16.5. The first-order valence-electron chi connectivity index (χ1n) is 7.19. The van der Waals surface area contributed by atoms with Gasteiger partial charge in [0.05, 0.1) is 11.6 Å². The van der Waals surface area contributed by atoms with Gasteiger partial charge in [0.15, 0.2) is 0 Å². The van der Waals surface area contributed by atoms with Crippen LogP contribution in [0.25, 0.3) is 0 Å². The second-order valence-electron chi connectivity index (χ2n) is 4.82. The van der Waals surface area contributed by atoms with Crippen LogP contribution in [0.15, 0.2) is 53.4 Å². The Morgan fingerprint density at radius 1 is 1.17 bits per heavy atom. The van der Waals surface area contributed by atoms with Gasteiger partial charge < -0.3 is 0 Å². The number of rotatable bonds is 7. The summed E-state index contributed by atoms with van der Waals surface area (Å²) in [6.07, 6.45) is 0. The van der Waals surface area contributed by atoms with E-state index in [0.717, 1.165) is 5.56 Å². The van der Waals surface area contributed by atoms with Crippen molar-refractivity contribution in [3.8, 4) is 0 Å². The Morgan fingerprint density at radius 2 is 1.88 bits per heavy atom. The van der Waals surface area contributed by atoms with Crippen molar-refractivity contribution in [2.45, 2.75) is 18.4 Å². The van der Waals surface area contributed by atoms with Crippen LogP contribution in [0.4, 0.5) is 0 Å². The van der Waals surface area contributed by atoms with E-state index in [2.05, 4.69) is 10.2 Å². The van der Waals surface area contributed by atoms with Crippen molar-refractivity contribution in [2.75, 3.05) is 6.61 Å².